The monoisotopic (exact) mass is 468 g/mol. The molecule has 2 aromatic carbocycles. The van der Waals surface area contributed by atoms with Gasteiger partial charge in [-0.15, -0.1) is 0 Å². The maximum atomic E-state index is 13.8. The third kappa shape index (κ3) is 5.28. The molecule has 180 valence electrons. The quantitative estimate of drug-likeness (QED) is 0.719. The van der Waals surface area contributed by atoms with Crippen LogP contribution in [0.5, 0.6) is 0 Å². The second-order valence-electron chi connectivity index (χ2n) is 8.60. The molecule has 8 heteroatoms. The lowest BCUT2D eigenvalue weighted by atomic mass is 10.1. The van der Waals surface area contributed by atoms with E-state index in [4.69, 9.17) is 0 Å². The van der Waals surface area contributed by atoms with E-state index in [9.17, 15) is 18.4 Å². The third-order valence-corrected chi connectivity index (χ3v) is 6.15. The highest BCUT2D eigenvalue weighted by Crippen LogP contribution is 2.36. The van der Waals surface area contributed by atoms with Gasteiger partial charge in [-0.3, -0.25) is 9.59 Å². The summed E-state index contributed by atoms with van der Waals surface area (Å²) in [5, 5.41) is 3.33. The van der Waals surface area contributed by atoms with Gasteiger partial charge in [0.2, 0.25) is 5.91 Å². The van der Waals surface area contributed by atoms with Gasteiger partial charge in [-0.1, -0.05) is 19.1 Å². The van der Waals surface area contributed by atoms with Crippen molar-refractivity contribution in [3.8, 4) is 0 Å². The number of rotatable bonds is 5. The summed E-state index contributed by atoms with van der Waals surface area (Å²) in [6.45, 7) is 5.24. The van der Waals surface area contributed by atoms with Crippen molar-refractivity contribution in [2.45, 2.75) is 32.7 Å². The Morgan fingerprint density at radius 1 is 1.03 bits per heavy atom. The van der Waals surface area contributed by atoms with Crippen molar-refractivity contribution in [3.63, 3.8) is 0 Å². The van der Waals surface area contributed by atoms with Crippen LogP contribution in [-0.2, 0) is 11.3 Å². The molecule has 6 nitrogen and oxygen atoms in total. The molecule has 2 aliphatic heterocycles. The minimum Gasteiger partial charge on any atom is -0.337 e. The zero-order chi connectivity index (χ0) is 24.1. The summed E-state index contributed by atoms with van der Waals surface area (Å²) >= 11 is 0. The van der Waals surface area contributed by atoms with Gasteiger partial charge in [0.15, 0.2) is 11.6 Å². The van der Waals surface area contributed by atoms with Gasteiger partial charge in [0.05, 0.1) is 17.9 Å². The van der Waals surface area contributed by atoms with Crippen molar-refractivity contribution >= 4 is 23.2 Å². The maximum absolute atomic E-state index is 13.8. The van der Waals surface area contributed by atoms with Gasteiger partial charge < -0.3 is 20.0 Å². The van der Waals surface area contributed by atoms with E-state index >= 15 is 0 Å². The summed E-state index contributed by atoms with van der Waals surface area (Å²) in [6.07, 6.45) is 6.60. The highest BCUT2D eigenvalue weighted by Gasteiger charge is 2.30. The number of fused-ring (bicyclic) bond motifs is 1. The molecule has 2 aromatic rings. The van der Waals surface area contributed by atoms with Crippen LogP contribution in [0.3, 0.4) is 0 Å². The van der Waals surface area contributed by atoms with E-state index < -0.39 is 11.6 Å². The van der Waals surface area contributed by atoms with Crippen LogP contribution in [0, 0.1) is 11.6 Å². The standard InChI is InChI=1S/C26H30F2N4O2/c1-2-3-12-31-18-25(33)32(17-19-6-8-21(27)22(28)15-19)24-16-20(7-9-23(24)31)26(34)30-13-5-4-10-29-11-14-30/h3,6-9,12,15-16,29H,2,4-5,10-11,13-14,17-18H2,1H3/b12-3-. The van der Waals surface area contributed by atoms with Gasteiger partial charge in [-0.25, -0.2) is 8.78 Å². The molecular formula is C26H30F2N4O2. The number of hydrogen-bond acceptors (Lipinski definition) is 4. The Labute approximate surface area is 198 Å². The molecule has 4 rings (SSSR count). The average molecular weight is 469 g/mol. The minimum absolute atomic E-state index is 0.0760. The molecule has 0 saturated carbocycles. The second kappa shape index (κ2) is 10.8. The summed E-state index contributed by atoms with van der Waals surface area (Å²) in [6, 6.07) is 9.03. The number of anilines is 2. The largest absolute Gasteiger partial charge is 0.337 e. The van der Waals surface area contributed by atoms with E-state index in [-0.39, 0.29) is 24.9 Å². The molecule has 2 aliphatic rings. The molecule has 0 atom stereocenters. The van der Waals surface area contributed by atoms with Crippen LogP contribution >= 0.6 is 0 Å². The Kier molecular flexibility index (Phi) is 7.57. The summed E-state index contributed by atoms with van der Waals surface area (Å²) < 4.78 is 27.2. The molecule has 1 saturated heterocycles. The molecular weight excluding hydrogens is 438 g/mol. The first-order valence-electron chi connectivity index (χ1n) is 11.8. The normalized spacial score (nSPS) is 17.0. The Balaban J connectivity index is 1.69. The molecule has 0 aliphatic carbocycles. The van der Waals surface area contributed by atoms with Gasteiger partial charge in [-0.05, 0) is 61.7 Å². The lowest BCUT2D eigenvalue weighted by Crippen LogP contribution is -2.44. The predicted molar refractivity (Wildman–Crippen MR) is 129 cm³/mol. The van der Waals surface area contributed by atoms with Crippen molar-refractivity contribution < 1.29 is 18.4 Å². The molecule has 0 bridgehead atoms. The fourth-order valence-corrected chi connectivity index (χ4v) is 4.31. The van der Waals surface area contributed by atoms with Gasteiger partial charge in [-0.2, -0.15) is 0 Å². The number of benzene rings is 2. The van der Waals surface area contributed by atoms with Crippen LogP contribution in [-0.4, -0.2) is 49.4 Å². The summed E-state index contributed by atoms with van der Waals surface area (Å²) in [4.78, 5) is 31.7. The van der Waals surface area contributed by atoms with Crippen LogP contribution in [0.4, 0.5) is 20.2 Å². The van der Waals surface area contributed by atoms with Crippen molar-refractivity contribution in [2.24, 2.45) is 0 Å². The highest BCUT2D eigenvalue weighted by atomic mass is 19.2. The fourth-order valence-electron chi connectivity index (χ4n) is 4.31. The Morgan fingerprint density at radius 2 is 1.88 bits per heavy atom. The molecule has 1 N–H and O–H groups in total. The highest BCUT2D eigenvalue weighted by molar-refractivity contribution is 6.06. The molecule has 0 unspecified atom stereocenters. The van der Waals surface area contributed by atoms with E-state index in [1.54, 1.807) is 17.0 Å². The molecule has 34 heavy (non-hydrogen) atoms. The lowest BCUT2D eigenvalue weighted by molar-refractivity contribution is -0.117. The Morgan fingerprint density at radius 3 is 2.68 bits per heavy atom. The van der Waals surface area contributed by atoms with Gasteiger partial charge in [0, 0.05) is 31.4 Å². The number of nitrogens with one attached hydrogen (secondary N) is 1. The van der Waals surface area contributed by atoms with E-state index in [0.717, 1.165) is 50.2 Å². The molecule has 2 amide bonds. The maximum Gasteiger partial charge on any atom is 0.253 e. The number of hydrogen-bond donors (Lipinski definition) is 1. The summed E-state index contributed by atoms with van der Waals surface area (Å²) in [7, 11) is 0. The first-order valence-corrected chi connectivity index (χ1v) is 11.8. The minimum atomic E-state index is -0.954. The predicted octanol–water partition coefficient (Wildman–Crippen LogP) is 4.07. The molecule has 0 aromatic heterocycles. The second-order valence-corrected chi connectivity index (χ2v) is 8.60. The van der Waals surface area contributed by atoms with Gasteiger partial charge >= 0.3 is 0 Å². The fraction of sp³-hybridized carbons (Fsp3) is 0.385. The van der Waals surface area contributed by atoms with Gasteiger partial charge in [0.25, 0.3) is 5.91 Å². The summed E-state index contributed by atoms with van der Waals surface area (Å²) in [5.74, 6) is -2.14. The lowest BCUT2D eigenvalue weighted by Gasteiger charge is -2.36. The first kappa shape index (κ1) is 23.9. The number of carbonyl (C=O) groups is 2. The van der Waals surface area contributed by atoms with Crippen molar-refractivity contribution in [3.05, 3.63) is 71.4 Å². The number of amides is 2. The van der Waals surface area contributed by atoms with Crippen LogP contribution in [0.15, 0.2) is 48.7 Å². The van der Waals surface area contributed by atoms with Crippen LogP contribution in [0.1, 0.15) is 42.1 Å². The number of carbonyl (C=O) groups excluding carboxylic acids is 2. The molecule has 2 heterocycles. The van der Waals surface area contributed by atoms with Gasteiger partial charge in [0.1, 0.15) is 6.54 Å². The molecule has 0 spiro atoms. The smallest absolute Gasteiger partial charge is 0.253 e. The Hall–Kier alpha value is -3.26. The first-order chi connectivity index (χ1) is 16.5. The van der Waals surface area contributed by atoms with E-state index in [0.29, 0.717) is 29.9 Å². The topological polar surface area (TPSA) is 55.9 Å². The van der Waals surface area contributed by atoms with Crippen molar-refractivity contribution in [1.29, 1.82) is 0 Å². The van der Waals surface area contributed by atoms with E-state index in [1.165, 1.54) is 6.07 Å². The number of nitrogens with zero attached hydrogens (tertiary/aromatic N) is 3. The number of allylic oxidation sites excluding steroid dienone is 1. The molecule has 0 radical (unpaired) electrons. The van der Waals surface area contributed by atoms with Crippen molar-refractivity contribution in [1.82, 2.24) is 10.2 Å². The van der Waals surface area contributed by atoms with E-state index in [2.05, 4.69) is 5.32 Å². The van der Waals surface area contributed by atoms with Crippen LogP contribution in [0.2, 0.25) is 0 Å². The zero-order valence-electron chi connectivity index (χ0n) is 19.4. The van der Waals surface area contributed by atoms with E-state index in [1.807, 2.05) is 35.1 Å². The molecule has 1 fully saturated rings. The third-order valence-electron chi connectivity index (χ3n) is 6.15. The van der Waals surface area contributed by atoms with Crippen LogP contribution < -0.4 is 15.1 Å². The summed E-state index contributed by atoms with van der Waals surface area (Å²) in [5.41, 5.74) is 2.35. The number of halogens is 2. The zero-order valence-corrected chi connectivity index (χ0v) is 19.4. The Bertz CT molecular complexity index is 1080. The SMILES string of the molecule is CC/C=C\N1CC(=O)N(Cc2ccc(F)c(F)c2)c2cc(C(=O)N3CCCCNCC3)ccc21. The van der Waals surface area contributed by atoms with Crippen molar-refractivity contribution in [2.75, 3.05) is 42.5 Å². The van der Waals surface area contributed by atoms with Crippen LogP contribution in [0.25, 0.3) is 0 Å². The average Bonchev–Trinajstić information content (AvgIpc) is 2.81.